The second kappa shape index (κ2) is 5.75. The minimum absolute atomic E-state index is 0.214. The predicted molar refractivity (Wildman–Crippen MR) is 59.8 cm³/mol. The molecule has 0 aliphatic rings. The first-order valence-electron chi connectivity index (χ1n) is 4.69. The summed E-state index contributed by atoms with van der Waals surface area (Å²) in [4.78, 5) is 21.5. The van der Waals surface area contributed by atoms with Gasteiger partial charge in [0.2, 0.25) is 0 Å². The molecule has 0 fully saturated rings. The average molecular weight is 289 g/mol. The molecule has 1 aromatic carbocycles. The molecular weight excluding hydrogens is 283 g/mol. The van der Waals surface area contributed by atoms with Crippen LogP contribution in [0, 0.1) is 11.3 Å². The fourth-order valence-electron chi connectivity index (χ4n) is 1.29. The number of halogens is 3. The van der Waals surface area contributed by atoms with Gasteiger partial charge < -0.3 is 4.74 Å². The second-order valence-corrected chi connectivity index (χ2v) is 4.31. The lowest BCUT2D eigenvalue weighted by molar-refractivity contribution is -0.0328. The van der Waals surface area contributed by atoms with Gasteiger partial charge in [0.05, 0.1) is 18.2 Å². The number of hydrogen-bond donors (Lipinski definition) is 0. The molecule has 1 aromatic rings. The Hall–Kier alpha value is -2.01. The van der Waals surface area contributed by atoms with Crippen LogP contribution in [-0.4, -0.2) is 24.9 Å². The van der Waals surface area contributed by atoms with Crippen LogP contribution >= 0.6 is 11.8 Å². The Morgan fingerprint density at radius 2 is 2.11 bits per heavy atom. The average Bonchev–Trinajstić information content (AvgIpc) is 2.34. The van der Waals surface area contributed by atoms with Gasteiger partial charge >= 0.3 is 11.5 Å². The molecule has 0 atom stereocenters. The first-order chi connectivity index (χ1) is 8.82. The van der Waals surface area contributed by atoms with Crippen LogP contribution in [0.2, 0.25) is 0 Å². The van der Waals surface area contributed by atoms with E-state index in [2.05, 4.69) is 4.74 Å². The highest BCUT2D eigenvalue weighted by atomic mass is 32.2. The number of alkyl halides is 3. The van der Waals surface area contributed by atoms with E-state index in [4.69, 9.17) is 5.26 Å². The standard InChI is InChI=1S/C11H6F3NO3S/c1-18-10(17)6-2-7(5-16)8(4-15)9(3-6)19-11(12,13)14/h2-3,5H,1H3. The van der Waals surface area contributed by atoms with Crippen LogP contribution in [0.25, 0.3) is 0 Å². The van der Waals surface area contributed by atoms with Crippen molar-refractivity contribution < 1.29 is 27.5 Å². The highest BCUT2D eigenvalue weighted by molar-refractivity contribution is 8.00. The normalized spacial score (nSPS) is 10.7. The smallest absolute Gasteiger partial charge is 0.446 e. The maximum absolute atomic E-state index is 12.4. The molecule has 0 unspecified atom stereocenters. The van der Waals surface area contributed by atoms with Crippen LogP contribution in [0.5, 0.6) is 0 Å². The zero-order valence-corrected chi connectivity index (χ0v) is 10.3. The third kappa shape index (κ3) is 3.72. The molecule has 0 amide bonds. The molecule has 8 heteroatoms. The van der Waals surface area contributed by atoms with Gasteiger partial charge in [0, 0.05) is 10.5 Å². The quantitative estimate of drug-likeness (QED) is 0.486. The van der Waals surface area contributed by atoms with Crippen LogP contribution in [0.15, 0.2) is 17.0 Å². The van der Waals surface area contributed by atoms with Gasteiger partial charge in [0.25, 0.3) is 0 Å². The van der Waals surface area contributed by atoms with Gasteiger partial charge in [-0.25, -0.2) is 4.79 Å². The maximum Gasteiger partial charge on any atom is 0.446 e. The summed E-state index contributed by atoms with van der Waals surface area (Å²) in [7, 11) is 1.05. The Bertz CT molecular complexity index is 564. The summed E-state index contributed by atoms with van der Waals surface area (Å²) >= 11 is -0.566. The van der Waals surface area contributed by atoms with E-state index in [1.807, 2.05) is 0 Å². The molecular formula is C11H6F3NO3S. The molecule has 0 bridgehead atoms. The van der Waals surface area contributed by atoms with Crippen molar-refractivity contribution >= 4 is 24.0 Å². The van der Waals surface area contributed by atoms with Crippen molar-refractivity contribution in [2.24, 2.45) is 0 Å². The summed E-state index contributed by atoms with van der Waals surface area (Å²) < 4.78 is 41.4. The lowest BCUT2D eigenvalue weighted by Gasteiger charge is -2.10. The number of carbonyl (C=O) groups is 2. The maximum atomic E-state index is 12.4. The zero-order chi connectivity index (χ0) is 14.6. The summed E-state index contributed by atoms with van der Waals surface area (Å²) in [6, 6.07) is 3.40. The van der Waals surface area contributed by atoms with Crippen LogP contribution in [0.4, 0.5) is 13.2 Å². The van der Waals surface area contributed by atoms with Gasteiger partial charge in [-0.1, -0.05) is 0 Å². The third-order valence-electron chi connectivity index (χ3n) is 2.02. The van der Waals surface area contributed by atoms with E-state index in [1.165, 1.54) is 6.07 Å². The van der Waals surface area contributed by atoms with Crippen molar-refractivity contribution in [3.63, 3.8) is 0 Å². The van der Waals surface area contributed by atoms with Crippen LogP contribution < -0.4 is 0 Å². The first kappa shape index (κ1) is 15.0. The largest absolute Gasteiger partial charge is 0.465 e. The van der Waals surface area contributed by atoms with Crippen molar-refractivity contribution in [1.82, 2.24) is 0 Å². The van der Waals surface area contributed by atoms with E-state index >= 15 is 0 Å². The van der Waals surface area contributed by atoms with Gasteiger partial charge in [-0.15, -0.1) is 0 Å². The minimum Gasteiger partial charge on any atom is -0.465 e. The summed E-state index contributed by atoms with van der Waals surface area (Å²) in [6.07, 6.45) is 0.214. The molecule has 100 valence electrons. The fraction of sp³-hybridized carbons (Fsp3) is 0.182. The fourth-order valence-corrected chi connectivity index (χ4v) is 1.99. The van der Waals surface area contributed by atoms with Gasteiger partial charge in [-0.05, 0) is 23.9 Å². The lowest BCUT2D eigenvalue weighted by Crippen LogP contribution is -2.07. The van der Waals surface area contributed by atoms with Crippen molar-refractivity contribution in [2.75, 3.05) is 7.11 Å². The number of hydrogen-bond acceptors (Lipinski definition) is 5. The number of esters is 1. The number of benzene rings is 1. The number of rotatable bonds is 3. The molecule has 1 rings (SSSR count). The van der Waals surface area contributed by atoms with Crippen LogP contribution in [0.1, 0.15) is 26.3 Å². The van der Waals surface area contributed by atoms with E-state index in [0.717, 1.165) is 19.2 Å². The Kier molecular flexibility index (Phi) is 4.56. The summed E-state index contributed by atoms with van der Waals surface area (Å²) in [5, 5.41) is 8.81. The topological polar surface area (TPSA) is 67.2 Å². The molecule has 0 radical (unpaired) electrons. The second-order valence-electron chi connectivity index (χ2n) is 3.21. The van der Waals surface area contributed by atoms with Crippen LogP contribution in [-0.2, 0) is 4.74 Å². The summed E-state index contributed by atoms with van der Waals surface area (Å²) in [5.74, 6) is -0.892. The number of aldehydes is 1. The van der Waals surface area contributed by atoms with Gasteiger partial charge in [-0.2, -0.15) is 18.4 Å². The van der Waals surface area contributed by atoms with Gasteiger partial charge in [-0.3, -0.25) is 4.79 Å². The Morgan fingerprint density at radius 3 is 2.53 bits per heavy atom. The highest BCUT2D eigenvalue weighted by Gasteiger charge is 2.31. The molecule has 0 spiro atoms. The minimum atomic E-state index is -4.64. The third-order valence-corrected chi connectivity index (χ3v) is 2.79. The van der Waals surface area contributed by atoms with E-state index in [9.17, 15) is 22.8 Å². The van der Waals surface area contributed by atoms with Crippen molar-refractivity contribution in [1.29, 1.82) is 5.26 Å². The Labute approximate surface area is 110 Å². The molecule has 0 aliphatic heterocycles. The van der Waals surface area contributed by atoms with Crippen molar-refractivity contribution in [3.05, 3.63) is 28.8 Å². The van der Waals surface area contributed by atoms with Gasteiger partial charge in [0.1, 0.15) is 6.07 Å². The lowest BCUT2D eigenvalue weighted by atomic mass is 10.1. The van der Waals surface area contributed by atoms with E-state index in [0.29, 0.717) is 0 Å². The number of carbonyl (C=O) groups excluding carboxylic acids is 2. The van der Waals surface area contributed by atoms with Crippen molar-refractivity contribution in [2.45, 2.75) is 10.4 Å². The van der Waals surface area contributed by atoms with E-state index in [-0.39, 0.29) is 17.4 Å². The molecule has 0 aliphatic carbocycles. The number of ether oxygens (including phenoxy) is 1. The zero-order valence-electron chi connectivity index (χ0n) is 9.45. The highest BCUT2D eigenvalue weighted by Crippen LogP contribution is 2.39. The number of nitriles is 1. The first-order valence-corrected chi connectivity index (χ1v) is 5.51. The Balaban J connectivity index is 3.45. The Morgan fingerprint density at radius 1 is 1.47 bits per heavy atom. The predicted octanol–water partition coefficient (Wildman–Crippen LogP) is 2.77. The monoisotopic (exact) mass is 289 g/mol. The van der Waals surface area contributed by atoms with Crippen molar-refractivity contribution in [3.8, 4) is 6.07 Å². The molecule has 0 heterocycles. The molecule has 0 saturated heterocycles. The molecule has 0 saturated carbocycles. The van der Waals surface area contributed by atoms with Crippen LogP contribution in [0.3, 0.4) is 0 Å². The molecule has 0 aromatic heterocycles. The number of thioether (sulfide) groups is 1. The molecule has 19 heavy (non-hydrogen) atoms. The van der Waals surface area contributed by atoms with Gasteiger partial charge in [0.15, 0.2) is 6.29 Å². The number of methoxy groups -OCH3 is 1. The summed E-state index contributed by atoms with van der Waals surface area (Å²) in [6.45, 7) is 0. The van der Waals surface area contributed by atoms with E-state index in [1.54, 1.807) is 0 Å². The molecule has 0 N–H and O–H groups in total. The number of nitrogens with zero attached hydrogens (tertiary/aromatic N) is 1. The summed E-state index contributed by atoms with van der Waals surface area (Å²) in [5.41, 5.74) is -5.59. The SMILES string of the molecule is COC(=O)c1cc(C=O)c(C#N)c(SC(F)(F)F)c1. The molecule has 4 nitrogen and oxygen atoms in total. The van der Waals surface area contributed by atoms with E-state index < -0.39 is 33.7 Å².